The van der Waals surface area contributed by atoms with Crippen molar-refractivity contribution < 1.29 is 0 Å². The summed E-state index contributed by atoms with van der Waals surface area (Å²) in [4.78, 5) is 11.8. The molecule has 0 amide bonds. The van der Waals surface area contributed by atoms with Gasteiger partial charge in [0, 0.05) is 6.20 Å². The zero-order valence-corrected chi connectivity index (χ0v) is 8.41. The summed E-state index contributed by atoms with van der Waals surface area (Å²) in [5.74, 6) is 0.945. The number of rotatable bonds is 3. The van der Waals surface area contributed by atoms with Crippen LogP contribution < -0.4 is 5.32 Å². The molecule has 4 heteroatoms. The number of pyridine rings is 1. The molecule has 0 aliphatic rings. The van der Waals surface area contributed by atoms with Gasteiger partial charge < -0.3 is 10.3 Å². The molecule has 1 atom stereocenters. The van der Waals surface area contributed by atoms with Crippen LogP contribution in [0.2, 0.25) is 0 Å². The molecule has 0 bridgehead atoms. The standard InChI is InChI=1S/C10H14N4/c1-3-11-7(2)9-13-8-5-4-6-12-10(8)14-9/h4-7,11H,3H2,1-2H3,(H,12,13,14). The number of imidazole rings is 1. The molecule has 74 valence electrons. The van der Waals surface area contributed by atoms with Crippen LogP contribution in [0.5, 0.6) is 0 Å². The van der Waals surface area contributed by atoms with Gasteiger partial charge in [0.2, 0.25) is 0 Å². The molecule has 0 spiro atoms. The first-order chi connectivity index (χ1) is 6.81. The molecule has 0 radical (unpaired) electrons. The lowest BCUT2D eigenvalue weighted by atomic mass is 10.3. The third-order valence-corrected chi connectivity index (χ3v) is 2.20. The van der Waals surface area contributed by atoms with Crippen LogP contribution in [0.25, 0.3) is 11.2 Å². The largest absolute Gasteiger partial charge is 0.339 e. The fourth-order valence-corrected chi connectivity index (χ4v) is 1.47. The summed E-state index contributed by atoms with van der Waals surface area (Å²) in [6.07, 6.45) is 1.75. The number of nitrogens with zero attached hydrogens (tertiary/aromatic N) is 2. The third-order valence-electron chi connectivity index (χ3n) is 2.20. The second kappa shape index (κ2) is 3.75. The highest BCUT2D eigenvalue weighted by atomic mass is 15.0. The molecule has 1 unspecified atom stereocenters. The molecule has 14 heavy (non-hydrogen) atoms. The summed E-state index contributed by atoms with van der Waals surface area (Å²) in [5.41, 5.74) is 1.78. The van der Waals surface area contributed by atoms with Gasteiger partial charge in [-0.2, -0.15) is 0 Å². The molecule has 2 aromatic rings. The van der Waals surface area contributed by atoms with Crippen molar-refractivity contribution >= 4 is 11.2 Å². The van der Waals surface area contributed by atoms with Crippen molar-refractivity contribution in [2.75, 3.05) is 6.54 Å². The Morgan fingerprint density at radius 2 is 2.43 bits per heavy atom. The van der Waals surface area contributed by atoms with Crippen molar-refractivity contribution in [1.82, 2.24) is 20.3 Å². The van der Waals surface area contributed by atoms with Crippen LogP contribution in [-0.2, 0) is 0 Å². The summed E-state index contributed by atoms with van der Waals surface area (Å²) in [7, 11) is 0. The van der Waals surface area contributed by atoms with Crippen LogP contribution >= 0.6 is 0 Å². The summed E-state index contributed by atoms with van der Waals surface area (Å²) < 4.78 is 0. The quantitative estimate of drug-likeness (QED) is 0.773. The first kappa shape index (κ1) is 9.15. The Labute approximate surface area is 82.8 Å². The van der Waals surface area contributed by atoms with Gasteiger partial charge in [-0.1, -0.05) is 6.92 Å². The zero-order chi connectivity index (χ0) is 9.97. The van der Waals surface area contributed by atoms with Crippen molar-refractivity contribution in [1.29, 1.82) is 0 Å². The van der Waals surface area contributed by atoms with E-state index in [1.54, 1.807) is 6.20 Å². The lowest BCUT2D eigenvalue weighted by Crippen LogP contribution is -2.18. The lowest BCUT2D eigenvalue weighted by Gasteiger charge is -2.07. The average Bonchev–Trinajstić information content (AvgIpc) is 2.61. The molecule has 0 saturated carbocycles. The molecule has 2 aromatic heterocycles. The van der Waals surface area contributed by atoms with Crippen LogP contribution in [-0.4, -0.2) is 21.5 Å². The van der Waals surface area contributed by atoms with E-state index in [2.05, 4.69) is 34.1 Å². The van der Waals surface area contributed by atoms with Crippen LogP contribution in [0.4, 0.5) is 0 Å². The normalized spacial score (nSPS) is 13.3. The molecule has 0 saturated heterocycles. The molecule has 4 nitrogen and oxygen atoms in total. The summed E-state index contributed by atoms with van der Waals surface area (Å²) in [6.45, 7) is 5.10. The Kier molecular flexibility index (Phi) is 2.45. The van der Waals surface area contributed by atoms with Crippen molar-refractivity contribution in [3.8, 4) is 0 Å². The number of H-pyrrole nitrogens is 1. The summed E-state index contributed by atoms with van der Waals surface area (Å²) in [6, 6.07) is 4.13. The number of hydrogen-bond donors (Lipinski definition) is 2. The monoisotopic (exact) mass is 190 g/mol. The Balaban J connectivity index is 2.35. The fourth-order valence-electron chi connectivity index (χ4n) is 1.47. The molecular weight excluding hydrogens is 176 g/mol. The van der Waals surface area contributed by atoms with Gasteiger partial charge in [0.05, 0.1) is 11.6 Å². The van der Waals surface area contributed by atoms with E-state index in [1.807, 2.05) is 12.1 Å². The van der Waals surface area contributed by atoms with Crippen LogP contribution in [0.1, 0.15) is 25.7 Å². The fraction of sp³-hybridized carbons (Fsp3) is 0.400. The van der Waals surface area contributed by atoms with Crippen LogP contribution in [0.3, 0.4) is 0 Å². The van der Waals surface area contributed by atoms with Gasteiger partial charge in [0.15, 0.2) is 5.65 Å². The smallest absolute Gasteiger partial charge is 0.177 e. The minimum Gasteiger partial charge on any atom is -0.339 e. The maximum Gasteiger partial charge on any atom is 0.177 e. The molecule has 2 rings (SSSR count). The Morgan fingerprint density at radius 3 is 3.14 bits per heavy atom. The van der Waals surface area contributed by atoms with Crippen LogP contribution in [0.15, 0.2) is 18.3 Å². The van der Waals surface area contributed by atoms with Gasteiger partial charge in [-0.05, 0) is 25.6 Å². The highest BCUT2D eigenvalue weighted by Crippen LogP contribution is 2.12. The average molecular weight is 190 g/mol. The Hall–Kier alpha value is -1.42. The number of aromatic amines is 1. The highest BCUT2D eigenvalue weighted by molar-refractivity contribution is 5.69. The van der Waals surface area contributed by atoms with Gasteiger partial charge in [-0.3, -0.25) is 0 Å². The van der Waals surface area contributed by atoms with E-state index in [0.717, 1.165) is 23.5 Å². The highest BCUT2D eigenvalue weighted by Gasteiger charge is 2.08. The topological polar surface area (TPSA) is 53.6 Å². The van der Waals surface area contributed by atoms with Crippen molar-refractivity contribution in [2.45, 2.75) is 19.9 Å². The van der Waals surface area contributed by atoms with E-state index in [9.17, 15) is 0 Å². The molecule has 0 aromatic carbocycles. The minimum absolute atomic E-state index is 0.245. The lowest BCUT2D eigenvalue weighted by molar-refractivity contribution is 0.573. The number of aromatic nitrogens is 3. The molecule has 2 N–H and O–H groups in total. The molecule has 0 fully saturated rings. The van der Waals surface area contributed by atoms with Gasteiger partial charge in [-0.25, -0.2) is 9.97 Å². The Morgan fingerprint density at radius 1 is 1.57 bits per heavy atom. The van der Waals surface area contributed by atoms with Gasteiger partial charge in [0.1, 0.15) is 5.82 Å². The SMILES string of the molecule is CCNC(C)c1nc2ncccc2[nH]1. The second-order valence-electron chi connectivity index (χ2n) is 3.28. The van der Waals surface area contributed by atoms with Gasteiger partial charge in [0.25, 0.3) is 0 Å². The van der Waals surface area contributed by atoms with Gasteiger partial charge >= 0.3 is 0 Å². The first-order valence-corrected chi connectivity index (χ1v) is 4.85. The van der Waals surface area contributed by atoms with E-state index in [1.165, 1.54) is 0 Å². The minimum atomic E-state index is 0.245. The zero-order valence-electron chi connectivity index (χ0n) is 8.41. The number of nitrogens with one attached hydrogen (secondary N) is 2. The van der Waals surface area contributed by atoms with E-state index in [-0.39, 0.29) is 6.04 Å². The van der Waals surface area contributed by atoms with Crippen molar-refractivity contribution in [3.05, 3.63) is 24.2 Å². The summed E-state index contributed by atoms with van der Waals surface area (Å²) in [5, 5.41) is 3.30. The molecule has 0 aliphatic carbocycles. The second-order valence-corrected chi connectivity index (χ2v) is 3.28. The van der Waals surface area contributed by atoms with E-state index in [4.69, 9.17) is 0 Å². The van der Waals surface area contributed by atoms with Crippen LogP contribution in [0, 0.1) is 0 Å². The van der Waals surface area contributed by atoms with E-state index >= 15 is 0 Å². The third kappa shape index (κ3) is 1.61. The van der Waals surface area contributed by atoms with Crippen molar-refractivity contribution in [2.24, 2.45) is 0 Å². The molecule has 0 aliphatic heterocycles. The maximum atomic E-state index is 4.40. The van der Waals surface area contributed by atoms with E-state index < -0.39 is 0 Å². The maximum absolute atomic E-state index is 4.40. The van der Waals surface area contributed by atoms with Gasteiger partial charge in [-0.15, -0.1) is 0 Å². The molecular formula is C10H14N4. The Bertz CT molecular complexity index is 388. The molecule has 2 heterocycles. The first-order valence-electron chi connectivity index (χ1n) is 4.85. The summed E-state index contributed by atoms with van der Waals surface area (Å²) >= 11 is 0. The predicted molar refractivity (Wildman–Crippen MR) is 56.0 cm³/mol. The number of fused-ring (bicyclic) bond motifs is 1. The van der Waals surface area contributed by atoms with E-state index in [0.29, 0.717) is 0 Å². The predicted octanol–water partition coefficient (Wildman–Crippen LogP) is 1.63. The number of hydrogen-bond acceptors (Lipinski definition) is 3. The van der Waals surface area contributed by atoms with Crippen molar-refractivity contribution in [3.63, 3.8) is 0 Å².